The van der Waals surface area contributed by atoms with Crippen LogP contribution in [0.2, 0.25) is 5.15 Å². The molecule has 0 saturated carbocycles. The number of halogens is 1. The first-order valence-electron chi connectivity index (χ1n) is 6.65. The first-order chi connectivity index (χ1) is 9.24. The molecule has 19 heavy (non-hydrogen) atoms. The Labute approximate surface area is 118 Å². The number of pyridine rings is 1. The summed E-state index contributed by atoms with van der Waals surface area (Å²) in [5.41, 5.74) is 3.71. The zero-order valence-corrected chi connectivity index (χ0v) is 11.8. The third kappa shape index (κ3) is 2.59. The molecule has 0 saturated heterocycles. The summed E-state index contributed by atoms with van der Waals surface area (Å²) in [6, 6.07) is 10.4. The monoisotopic (exact) mass is 274 g/mol. The van der Waals surface area contributed by atoms with E-state index >= 15 is 0 Å². The van der Waals surface area contributed by atoms with E-state index in [1.807, 2.05) is 17.7 Å². The van der Waals surface area contributed by atoms with E-state index in [0.29, 0.717) is 0 Å². The lowest BCUT2D eigenvalue weighted by atomic mass is 10.0. The van der Waals surface area contributed by atoms with Crippen LogP contribution in [0, 0.1) is 0 Å². The van der Waals surface area contributed by atoms with Gasteiger partial charge in [0, 0.05) is 11.6 Å². The second-order valence-electron chi connectivity index (χ2n) is 4.98. The van der Waals surface area contributed by atoms with Gasteiger partial charge >= 0.3 is 0 Å². The van der Waals surface area contributed by atoms with Gasteiger partial charge in [-0.1, -0.05) is 6.07 Å². The number of ether oxygens (including phenoxy) is 1. The van der Waals surface area contributed by atoms with Crippen LogP contribution < -0.4 is 9.30 Å². The molecular formula is C16H17ClNO+. The summed E-state index contributed by atoms with van der Waals surface area (Å²) < 4.78 is 7.69. The molecule has 3 rings (SSSR count). The van der Waals surface area contributed by atoms with Gasteiger partial charge in [-0.15, -0.1) is 0 Å². The van der Waals surface area contributed by atoms with Gasteiger partial charge in [-0.3, -0.25) is 0 Å². The zero-order chi connectivity index (χ0) is 13.2. The number of fused-ring (bicyclic) bond motifs is 1. The Morgan fingerprint density at radius 1 is 1.11 bits per heavy atom. The lowest BCUT2D eigenvalue weighted by Gasteiger charge is -2.09. The highest BCUT2D eigenvalue weighted by atomic mass is 35.5. The van der Waals surface area contributed by atoms with Gasteiger partial charge in [0.25, 0.3) is 5.15 Å². The van der Waals surface area contributed by atoms with Crippen LogP contribution in [0.15, 0.2) is 36.5 Å². The first kappa shape index (κ1) is 12.5. The third-order valence-electron chi connectivity index (χ3n) is 3.56. The molecule has 3 heteroatoms. The van der Waals surface area contributed by atoms with Gasteiger partial charge in [0.15, 0.2) is 6.20 Å². The van der Waals surface area contributed by atoms with Gasteiger partial charge in [-0.2, -0.15) is 4.57 Å². The Morgan fingerprint density at radius 2 is 1.95 bits per heavy atom. The summed E-state index contributed by atoms with van der Waals surface area (Å²) in [6.45, 7) is 0.836. The molecule has 0 N–H and O–H groups in total. The summed E-state index contributed by atoms with van der Waals surface area (Å²) in [7, 11) is 1.96. The van der Waals surface area contributed by atoms with Crippen LogP contribution in [0.1, 0.15) is 18.4 Å². The molecule has 1 aliphatic heterocycles. The molecule has 1 aliphatic rings. The molecule has 0 atom stereocenters. The van der Waals surface area contributed by atoms with Crippen molar-refractivity contribution in [2.75, 3.05) is 6.61 Å². The largest absolute Gasteiger partial charge is 0.493 e. The molecule has 1 aromatic carbocycles. The van der Waals surface area contributed by atoms with Crippen molar-refractivity contribution in [3.05, 3.63) is 47.2 Å². The minimum absolute atomic E-state index is 0.738. The van der Waals surface area contributed by atoms with Crippen molar-refractivity contribution in [3.63, 3.8) is 0 Å². The summed E-state index contributed by atoms with van der Waals surface area (Å²) in [6.07, 6.45) is 5.50. The number of benzene rings is 1. The van der Waals surface area contributed by atoms with E-state index in [4.69, 9.17) is 16.3 Å². The Bertz CT molecular complexity index is 610. The molecule has 2 heterocycles. The van der Waals surface area contributed by atoms with Gasteiger partial charge in [-0.25, -0.2) is 0 Å². The van der Waals surface area contributed by atoms with Gasteiger partial charge in [-0.05, 0) is 60.2 Å². The molecular weight excluding hydrogens is 258 g/mol. The van der Waals surface area contributed by atoms with Crippen LogP contribution in [0.5, 0.6) is 5.75 Å². The average Bonchev–Trinajstić information content (AvgIpc) is 2.66. The maximum atomic E-state index is 6.05. The lowest BCUT2D eigenvalue weighted by Crippen LogP contribution is -2.28. The third-order valence-corrected chi connectivity index (χ3v) is 3.95. The predicted molar refractivity (Wildman–Crippen MR) is 76.5 cm³/mol. The number of aromatic nitrogens is 1. The summed E-state index contributed by atoms with van der Waals surface area (Å²) >= 11 is 6.05. The van der Waals surface area contributed by atoms with Crippen molar-refractivity contribution >= 4 is 11.6 Å². The quantitative estimate of drug-likeness (QED) is 0.573. The van der Waals surface area contributed by atoms with Crippen LogP contribution in [0.4, 0.5) is 0 Å². The van der Waals surface area contributed by atoms with Gasteiger partial charge in [0.2, 0.25) is 0 Å². The van der Waals surface area contributed by atoms with Crippen molar-refractivity contribution in [1.82, 2.24) is 0 Å². The molecule has 1 aromatic heterocycles. The van der Waals surface area contributed by atoms with Crippen LogP contribution >= 0.6 is 11.6 Å². The van der Waals surface area contributed by atoms with Crippen LogP contribution in [0.3, 0.4) is 0 Å². The maximum Gasteiger partial charge on any atom is 0.274 e. The van der Waals surface area contributed by atoms with Crippen molar-refractivity contribution in [3.8, 4) is 16.9 Å². The SMILES string of the molecule is C[n+]1cc(-c2ccc3c(c2)CCCCO3)ccc1Cl. The average molecular weight is 275 g/mol. The van der Waals surface area contributed by atoms with Gasteiger partial charge in [0.1, 0.15) is 12.8 Å². The van der Waals surface area contributed by atoms with Gasteiger partial charge in [0.05, 0.1) is 6.61 Å². The second-order valence-corrected chi connectivity index (χ2v) is 5.37. The fourth-order valence-electron chi connectivity index (χ4n) is 2.46. The number of aryl methyl sites for hydroxylation is 2. The van der Waals surface area contributed by atoms with Gasteiger partial charge < -0.3 is 4.74 Å². The van der Waals surface area contributed by atoms with E-state index in [2.05, 4.69) is 30.5 Å². The Kier molecular flexibility index (Phi) is 3.43. The van der Waals surface area contributed by atoms with Crippen LogP contribution in [-0.4, -0.2) is 6.61 Å². The molecule has 0 radical (unpaired) electrons. The minimum Gasteiger partial charge on any atom is -0.493 e. The summed E-state index contributed by atoms with van der Waals surface area (Å²) in [5, 5.41) is 0.738. The second kappa shape index (κ2) is 5.22. The van der Waals surface area contributed by atoms with Crippen LogP contribution in [0.25, 0.3) is 11.1 Å². The first-order valence-corrected chi connectivity index (χ1v) is 7.03. The Balaban J connectivity index is 2.01. The Hall–Kier alpha value is -1.54. The highest BCUT2D eigenvalue weighted by Gasteiger charge is 2.12. The molecule has 0 fully saturated rings. The fourth-order valence-corrected chi connectivity index (χ4v) is 2.57. The summed E-state index contributed by atoms with van der Waals surface area (Å²) in [4.78, 5) is 0. The molecule has 98 valence electrons. The highest BCUT2D eigenvalue weighted by molar-refractivity contribution is 6.28. The number of hydrogen-bond donors (Lipinski definition) is 0. The standard InChI is InChI=1S/C16H17ClNO/c1-18-11-14(6-8-16(18)17)12-5-7-15-13(10-12)4-2-3-9-19-15/h5-8,10-11H,2-4,9H2,1H3/q+1. The zero-order valence-electron chi connectivity index (χ0n) is 11.0. The minimum atomic E-state index is 0.738. The van der Waals surface area contributed by atoms with E-state index in [9.17, 15) is 0 Å². The molecule has 2 aromatic rings. The Morgan fingerprint density at radius 3 is 2.79 bits per heavy atom. The number of nitrogens with zero attached hydrogens (tertiary/aromatic N) is 1. The fraction of sp³-hybridized carbons (Fsp3) is 0.312. The van der Waals surface area contributed by atoms with Crippen molar-refractivity contribution in [2.45, 2.75) is 19.3 Å². The van der Waals surface area contributed by atoms with E-state index in [1.165, 1.54) is 23.1 Å². The molecule has 0 aliphatic carbocycles. The lowest BCUT2D eigenvalue weighted by molar-refractivity contribution is -0.668. The topological polar surface area (TPSA) is 13.1 Å². The van der Waals surface area contributed by atoms with E-state index in [0.717, 1.165) is 30.4 Å². The smallest absolute Gasteiger partial charge is 0.274 e. The predicted octanol–water partition coefficient (Wildman–Crippen LogP) is 3.55. The summed E-state index contributed by atoms with van der Waals surface area (Å²) in [5.74, 6) is 1.04. The normalized spacial score (nSPS) is 14.4. The molecule has 0 amide bonds. The van der Waals surface area contributed by atoms with Crippen molar-refractivity contribution in [2.24, 2.45) is 7.05 Å². The number of rotatable bonds is 1. The van der Waals surface area contributed by atoms with Crippen molar-refractivity contribution in [1.29, 1.82) is 0 Å². The maximum absolute atomic E-state index is 6.05. The van der Waals surface area contributed by atoms with Crippen LogP contribution in [-0.2, 0) is 13.5 Å². The number of hydrogen-bond acceptors (Lipinski definition) is 1. The highest BCUT2D eigenvalue weighted by Crippen LogP contribution is 2.29. The van der Waals surface area contributed by atoms with Crippen molar-refractivity contribution < 1.29 is 9.30 Å². The van der Waals surface area contributed by atoms with E-state index in [1.54, 1.807) is 0 Å². The molecule has 0 bridgehead atoms. The molecule has 0 spiro atoms. The molecule has 0 unspecified atom stereocenters. The van der Waals surface area contributed by atoms with E-state index < -0.39 is 0 Å². The van der Waals surface area contributed by atoms with E-state index in [-0.39, 0.29) is 0 Å². The molecule has 2 nitrogen and oxygen atoms in total.